The molecule has 0 amide bonds. The minimum Gasteiger partial charge on any atom is -0.476 e. The number of ether oxygens (including phenoxy) is 1. The molecule has 1 aromatic carbocycles. The van der Waals surface area contributed by atoms with E-state index in [-0.39, 0.29) is 11.4 Å². The molecule has 0 aliphatic rings. The van der Waals surface area contributed by atoms with Crippen molar-refractivity contribution in [2.45, 2.75) is 6.36 Å². The number of nitrogens with zero attached hydrogens (tertiary/aromatic N) is 2. The largest absolute Gasteiger partial charge is 0.573 e. The monoisotopic (exact) mass is 286 g/mol. The second kappa shape index (κ2) is 4.87. The molecule has 0 fully saturated rings. The van der Waals surface area contributed by atoms with Gasteiger partial charge in [0.2, 0.25) is 0 Å². The fraction of sp³-hybridized carbons (Fsp3) is 0.167. The molecule has 0 atom stereocenters. The minimum absolute atomic E-state index is 0.169. The second-order valence-corrected chi connectivity index (χ2v) is 3.94. The van der Waals surface area contributed by atoms with Crippen LogP contribution in [-0.2, 0) is 7.05 Å². The van der Waals surface area contributed by atoms with Crippen LogP contribution in [0, 0.1) is 0 Å². The van der Waals surface area contributed by atoms with Gasteiger partial charge in [-0.25, -0.2) is 4.79 Å². The summed E-state index contributed by atoms with van der Waals surface area (Å²) in [5.74, 6) is -1.58. The molecule has 1 N–H and O–H groups in total. The van der Waals surface area contributed by atoms with Crippen LogP contribution in [-0.4, -0.2) is 27.2 Å². The van der Waals surface area contributed by atoms with Gasteiger partial charge in [-0.1, -0.05) is 12.1 Å². The Morgan fingerprint density at radius 1 is 1.30 bits per heavy atom. The van der Waals surface area contributed by atoms with E-state index in [1.165, 1.54) is 23.0 Å². The van der Waals surface area contributed by atoms with Gasteiger partial charge in [-0.15, -0.1) is 13.2 Å². The molecule has 1 aromatic heterocycles. The molecule has 5 nitrogen and oxygen atoms in total. The number of benzene rings is 1. The minimum atomic E-state index is -4.76. The standard InChI is InChI=1S/C12H9F3N2O3/c1-17-6-9(10(16-17)11(18)19)7-2-4-8(5-3-7)20-12(13,14)15/h2-6H,1H3,(H,18,19). The van der Waals surface area contributed by atoms with Gasteiger partial charge >= 0.3 is 12.3 Å². The normalized spacial score (nSPS) is 11.4. The highest BCUT2D eigenvalue weighted by molar-refractivity contribution is 5.93. The Bertz CT molecular complexity index is 632. The van der Waals surface area contributed by atoms with Crippen LogP contribution in [0.5, 0.6) is 5.75 Å². The molecule has 0 saturated carbocycles. The van der Waals surface area contributed by atoms with E-state index in [0.717, 1.165) is 12.1 Å². The van der Waals surface area contributed by atoms with E-state index in [1.54, 1.807) is 7.05 Å². The van der Waals surface area contributed by atoms with E-state index in [0.29, 0.717) is 11.1 Å². The lowest BCUT2D eigenvalue weighted by Gasteiger charge is -2.09. The number of aryl methyl sites for hydroxylation is 1. The third-order valence-electron chi connectivity index (χ3n) is 2.43. The van der Waals surface area contributed by atoms with Crippen molar-refractivity contribution in [2.75, 3.05) is 0 Å². The Labute approximate surface area is 111 Å². The smallest absolute Gasteiger partial charge is 0.476 e. The molecular weight excluding hydrogens is 277 g/mol. The van der Waals surface area contributed by atoms with Crippen molar-refractivity contribution in [3.05, 3.63) is 36.2 Å². The summed E-state index contributed by atoms with van der Waals surface area (Å²) >= 11 is 0. The number of alkyl halides is 3. The van der Waals surface area contributed by atoms with Crippen LogP contribution < -0.4 is 4.74 Å². The van der Waals surface area contributed by atoms with E-state index < -0.39 is 12.3 Å². The predicted octanol–water partition coefficient (Wildman–Crippen LogP) is 2.68. The third kappa shape index (κ3) is 3.08. The summed E-state index contributed by atoms with van der Waals surface area (Å²) in [6.07, 6.45) is -3.29. The van der Waals surface area contributed by atoms with Crippen LogP contribution in [0.2, 0.25) is 0 Å². The molecule has 0 unspecified atom stereocenters. The molecule has 106 valence electrons. The van der Waals surface area contributed by atoms with Gasteiger partial charge < -0.3 is 9.84 Å². The lowest BCUT2D eigenvalue weighted by atomic mass is 10.1. The first-order valence-electron chi connectivity index (χ1n) is 5.39. The molecule has 0 aliphatic heterocycles. The van der Waals surface area contributed by atoms with Crippen molar-refractivity contribution in [3.63, 3.8) is 0 Å². The average Bonchev–Trinajstić information content (AvgIpc) is 2.70. The van der Waals surface area contributed by atoms with Crippen LogP contribution in [0.1, 0.15) is 10.5 Å². The topological polar surface area (TPSA) is 64.3 Å². The van der Waals surface area contributed by atoms with E-state index in [4.69, 9.17) is 5.11 Å². The van der Waals surface area contributed by atoms with Crippen molar-refractivity contribution in [1.29, 1.82) is 0 Å². The summed E-state index contributed by atoms with van der Waals surface area (Å²) in [5.41, 5.74) is 0.584. The highest BCUT2D eigenvalue weighted by Gasteiger charge is 2.31. The van der Waals surface area contributed by atoms with E-state index in [1.807, 2.05) is 0 Å². The zero-order valence-electron chi connectivity index (χ0n) is 10.2. The fourth-order valence-electron chi connectivity index (χ4n) is 1.69. The molecule has 0 saturated heterocycles. The lowest BCUT2D eigenvalue weighted by molar-refractivity contribution is -0.274. The number of carboxylic acids is 1. The first-order valence-corrected chi connectivity index (χ1v) is 5.39. The molecule has 2 rings (SSSR count). The number of carbonyl (C=O) groups is 1. The Kier molecular flexibility index (Phi) is 3.39. The summed E-state index contributed by atoms with van der Waals surface area (Å²) in [7, 11) is 1.55. The maximum absolute atomic E-state index is 12.0. The molecule has 0 spiro atoms. The molecule has 2 aromatic rings. The molecule has 0 radical (unpaired) electrons. The number of hydrogen-bond donors (Lipinski definition) is 1. The van der Waals surface area contributed by atoms with Crippen molar-refractivity contribution in [1.82, 2.24) is 9.78 Å². The summed E-state index contributed by atoms with van der Waals surface area (Å²) in [6, 6.07) is 4.90. The Balaban J connectivity index is 2.33. The maximum atomic E-state index is 12.0. The van der Waals surface area contributed by atoms with E-state index >= 15 is 0 Å². The summed E-state index contributed by atoms with van der Waals surface area (Å²) < 4.78 is 41.1. The summed E-state index contributed by atoms with van der Waals surface area (Å²) in [4.78, 5) is 11.0. The zero-order valence-corrected chi connectivity index (χ0v) is 10.2. The van der Waals surface area contributed by atoms with Gasteiger partial charge in [-0.2, -0.15) is 5.10 Å². The molecule has 0 aliphatic carbocycles. The fourth-order valence-corrected chi connectivity index (χ4v) is 1.69. The van der Waals surface area contributed by atoms with Gasteiger partial charge in [0, 0.05) is 18.8 Å². The maximum Gasteiger partial charge on any atom is 0.573 e. The Morgan fingerprint density at radius 3 is 2.40 bits per heavy atom. The van der Waals surface area contributed by atoms with Crippen LogP contribution in [0.3, 0.4) is 0 Å². The number of rotatable bonds is 3. The van der Waals surface area contributed by atoms with Gasteiger partial charge in [0.05, 0.1) is 0 Å². The van der Waals surface area contributed by atoms with Crippen LogP contribution in [0.15, 0.2) is 30.5 Å². The predicted molar refractivity (Wildman–Crippen MR) is 62.3 cm³/mol. The van der Waals surface area contributed by atoms with Crippen molar-refractivity contribution in [2.24, 2.45) is 7.05 Å². The van der Waals surface area contributed by atoms with Gasteiger partial charge in [-0.05, 0) is 17.7 Å². The number of halogens is 3. The summed E-state index contributed by atoms with van der Waals surface area (Å²) in [6.45, 7) is 0. The van der Waals surface area contributed by atoms with Crippen molar-refractivity contribution in [3.8, 4) is 16.9 Å². The zero-order chi connectivity index (χ0) is 14.9. The van der Waals surface area contributed by atoms with Gasteiger partial charge in [0.15, 0.2) is 5.69 Å². The quantitative estimate of drug-likeness (QED) is 0.942. The molecule has 0 bridgehead atoms. The average molecular weight is 286 g/mol. The third-order valence-corrected chi connectivity index (χ3v) is 2.43. The number of aromatic nitrogens is 2. The number of carboxylic acid groups (broad SMARTS) is 1. The molecule has 20 heavy (non-hydrogen) atoms. The highest BCUT2D eigenvalue weighted by Crippen LogP contribution is 2.27. The number of aromatic carboxylic acids is 1. The van der Waals surface area contributed by atoms with E-state index in [9.17, 15) is 18.0 Å². The number of hydrogen-bond acceptors (Lipinski definition) is 3. The Morgan fingerprint density at radius 2 is 1.90 bits per heavy atom. The van der Waals surface area contributed by atoms with Crippen LogP contribution >= 0.6 is 0 Å². The SMILES string of the molecule is Cn1cc(-c2ccc(OC(F)(F)F)cc2)c(C(=O)O)n1. The van der Waals surface area contributed by atoms with Crippen molar-refractivity contribution < 1.29 is 27.8 Å². The van der Waals surface area contributed by atoms with Crippen molar-refractivity contribution >= 4 is 5.97 Å². The van der Waals surface area contributed by atoms with Gasteiger partial charge in [-0.3, -0.25) is 4.68 Å². The molecular formula is C12H9F3N2O3. The van der Waals surface area contributed by atoms with Crippen LogP contribution in [0.25, 0.3) is 11.1 Å². The Hall–Kier alpha value is -2.51. The molecule has 1 heterocycles. The van der Waals surface area contributed by atoms with Gasteiger partial charge in [0.25, 0.3) is 0 Å². The lowest BCUT2D eigenvalue weighted by Crippen LogP contribution is -2.16. The summed E-state index contributed by atoms with van der Waals surface area (Å²) in [5, 5.41) is 12.8. The second-order valence-electron chi connectivity index (χ2n) is 3.94. The first-order chi connectivity index (χ1) is 9.26. The molecule has 8 heteroatoms. The first kappa shape index (κ1) is 13.9. The van der Waals surface area contributed by atoms with E-state index in [2.05, 4.69) is 9.84 Å². The van der Waals surface area contributed by atoms with Crippen LogP contribution in [0.4, 0.5) is 13.2 Å². The highest BCUT2D eigenvalue weighted by atomic mass is 19.4. The van der Waals surface area contributed by atoms with Gasteiger partial charge in [0.1, 0.15) is 5.75 Å².